The van der Waals surface area contributed by atoms with Gasteiger partial charge < -0.3 is 19.5 Å². The first-order chi connectivity index (χ1) is 10.5. The van der Waals surface area contributed by atoms with Gasteiger partial charge >= 0.3 is 5.97 Å². The van der Waals surface area contributed by atoms with E-state index >= 15 is 0 Å². The van der Waals surface area contributed by atoms with Crippen LogP contribution in [0, 0.1) is 6.92 Å². The Hall–Kier alpha value is -2.34. The van der Waals surface area contributed by atoms with Crippen molar-refractivity contribution in [2.45, 2.75) is 13.0 Å². The predicted molar refractivity (Wildman–Crippen MR) is 80.7 cm³/mol. The number of hydrogen-bond acceptors (Lipinski definition) is 4. The fraction of sp³-hybridized carbons (Fsp3) is 0.375. The molecule has 1 saturated heterocycles. The minimum Gasteiger partial charge on any atom is -0.496 e. The summed E-state index contributed by atoms with van der Waals surface area (Å²) in [6.07, 6.45) is 3.01. The normalized spacial score (nSPS) is 18.5. The van der Waals surface area contributed by atoms with Crippen LogP contribution in [0.3, 0.4) is 0 Å². The van der Waals surface area contributed by atoms with Crippen molar-refractivity contribution >= 4 is 18.0 Å². The zero-order valence-electron chi connectivity index (χ0n) is 12.6. The van der Waals surface area contributed by atoms with Gasteiger partial charge in [-0.2, -0.15) is 0 Å². The van der Waals surface area contributed by atoms with Gasteiger partial charge in [-0.3, -0.25) is 4.79 Å². The molecule has 1 aromatic rings. The maximum Gasteiger partial charge on any atom is 0.328 e. The van der Waals surface area contributed by atoms with Crippen LogP contribution in [0.15, 0.2) is 24.3 Å². The van der Waals surface area contributed by atoms with Crippen LogP contribution in [-0.2, 0) is 14.3 Å². The standard InChI is InChI=1S/C16H19NO5/c1-11-3-5-14(21-2)12(9-11)4-6-15(18)17-7-8-22-10-13(17)16(19)20/h3-6,9,13H,7-8,10H2,1-2H3,(H,19,20). The average Bonchev–Trinajstić information content (AvgIpc) is 2.52. The Bertz CT molecular complexity index is 596. The fourth-order valence-corrected chi connectivity index (χ4v) is 2.31. The van der Waals surface area contributed by atoms with Crippen molar-refractivity contribution in [3.63, 3.8) is 0 Å². The number of rotatable bonds is 4. The quantitative estimate of drug-likeness (QED) is 0.849. The molecule has 0 aromatic heterocycles. The van der Waals surface area contributed by atoms with Crippen molar-refractivity contribution < 1.29 is 24.2 Å². The summed E-state index contributed by atoms with van der Waals surface area (Å²) < 4.78 is 10.4. The SMILES string of the molecule is COc1ccc(C)cc1C=CC(=O)N1CCOCC1C(=O)O. The number of carboxylic acids is 1. The molecule has 1 fully saturated rings. The van der Waals surface area contributed by atoms with Crippen molar-refractivity contribution in [1.82, 2.24) is 4.90 Å². The van der Waals surface area contributed by atoms with Crippen LogP contribution in [0.2, 0.25) is 0 Å². The van der Waals surface area contributed by atoms with Gasteiger partial charge in [-0.15, -0.1) is 0 Å². The van der Waals surface area contributed by atoms with E-state index in [1.807, 2.05) is 25.1 Å². The molecule has 1 N–H and O–H groups in total. The second-order valence-corrected chi connectivity index (χ2v) is 5.04. The number of ether oxygens (including phenoxy) is 2. The zero-order chi connectivity index (χ0) is 16.1. The Labute approximate surface area is 128 Å². The Balaban J connectivity index is 2.17. The minimum atomic E-state index is -1.06. The van der Waals surface area contributed by atoms with E-state index in [0.717, 1.165) is 11.1 Å². The van der Waals surface area contributed by atoms with Crippen LogP contribution < -0.4 is 4.74 Å². The fourth-order valence-electron chi connectivity index (χ4n) is 2.31. The van der Waals surface area contributed by atoms with E-state index in [1.165, 1.54) is 11.0 Å². The number of methoxy groups -OCH3 is 1. The summed E-state index contributed by atoms with van der Waals surface area (Å²) in [5.74, 6) is -0.750. The molecular weight excluding hydrogens is 286 g/mol. The molecule has 118 valence electrons. The third kappa shape index (κ3) is 3.65. The number of carbonyl (C=O) groups is 2. The van der Waals surface area contributed by atoms with Gasteiger partial charge in [0.1, 0.15) is 5.75 Å². The molecule has 1 aromatic carbocycles. The van der Waals surface area contributed by atoms with Crippen LogP contribution in [0.25, 0.3) is 6.08 Å². The van der Waals surface area contributed by atoms with E-state index in [4.69, 9.17) is 14.6 Å². The Kier molecular flexibility index (Phi) is 5.16. The van der Waals surface area contributed by atoms with Gasteiger partial charge in [0.2, 0.25) is 5.91 Å². The van der Waals surface area contributed by atoms with Gasteiger partial charge in [0.05, 0.1) is 20.3 Å². The van der Waals surface area contributed by atoms with Crippen LogP contribution in [0.5, 0.6) is 5.75 Å². The molecule has 0 bridgehead atoms. The highest BCUT2D eigenvalue weighted by Crippen LogP contribution is 2.21. The van der Waals surface area contributed by atoms with Crippen LogP contribution in [0.4, 0.5) is 0 Å². The smallest absolute Gasteiger partial charge is 0.328 e. The summed E-state index contributed by atoms with van der Waals surface area (Å²) in [7, 11) is 1.56. The molecule has 22 heavy (non-hydrogen) atoms. The molecular formula is C16H19NO5. The van der Waals surface area contributed by atoms with E-state index in [0.29, 0.717) is 12.4 Å². The van der Waals surface area contributed by atoms with Crippen LogP contribution >= 0.6 is 0 Å². The van der Waals surface area contributed by atoms with Gasteiger partial charge in [0, 0.05) is 18.2 Å². The van der Waals surface area contributed by atoms with Gasteiger partial charge in [0.25, 0.3) is 0 Å². The Morgan fingerprint density at radius 2 is 2.23 bits per heavy atom. The topological polar surface area (TPSA) is 76.1 Å². The highest BCUT2D eigenvalue weighted by Gasteiger charge is 2.31. The summed E-state index contributed by atoms with van der Waals surface area (Å²) in [4.78, 5) is 24.7. The van der Waals surface area contributed by atoms with E-state index in [2.05, 4.69) is 0 Å². The second-order valence-electron chi connectivity index (χ2n) is 5.04. The number of aryl methyl sites for hydroxylation is 1. The van der Waals surface area contributed by atoms with E-state index in [1.54, 1.807) is 13.2 Å². The van der Waals surface area contributed by atoms with E-state index in [-0.39, 0.29) is 19.1 Å². The monoisotopic (exact) mass is 305 g/mol. The largest absolute Gasteiger partial charge is 0.496 e. The average molecular weight is 305 g/mol. The molecule has 6 heteroatoms. The summed E-state index contributed by atoms with van der Waals surface area (Å²) in [6.45, 7) is 2.58. The highest BCUT2D eigenvalue weighted by molar-refractivity contribution is 5.95. The number of aliphatic carboxylic acids is 1. The maximum absolute atomic E-state index is 12.3. The molecule has 1 aliphatic rings. The zero-order valence-corrected chi connectivity index (χ0v) is 12.6. The molecule has 1 heterocycles. The number of morpholine rings is 1. The van der Waals surface area contributed by atoms with Crippen molar-refractivity contribution in [1.29, 1.82) is 0 Å². The van der Waals surface area contributed by atoms with E-state index < -0.39 is 12.0 Å². The van der Waals surface area contributed by atoms with Crippen molar-refractivity contribution in [2.75, 3.05) is 26.9 Å². The molecule has 1 atom stereocenters. The molecule has 6 nitrogen and oxygen atoms in total. The molecule has 0 aliphatic carbocycles. The summed E-state index contributed by atoms with van der Waals surface area (Å²) in [6, 6.07) is 4.70. The lowest BCUT2D eigenvalue weighted by Gasteiger charge is -2.32. The van der Waals surface area contributed by atoms with Gasteiger partial charge in [-0.1, -0.05) is 11.6 Å². The maximum atomic E-state index is 12.3. The van der Waals surface area contributed by atoms with E-state index in [9.17, 15) is 9.59 Å². The van der Waals surface area contributed by atoms with Crippen molar-refractivity contribution in [2.24, 2.45) is 0 Å². The number of nitrogens with zero attached hydrogens (tertiary/aromatic N) is 1. The summed E-state index contributed by atoms with van der Waals surface area (Å²) in [5.41, 5.74) is 1.82. The number of benzene rings is 1. The first-order valence-corrected chi connectivity index (χ1v) is 6.97. The summed E-state index contributed by atoms with van der Waals surface area (Å²) in [5, 5.41) is 9.14. The van der Waals surface area contributed by atoms with Crippen LogP contribution in [-0.4, -0.2) is 54.8 Å². The highest BCUT2D eigenvalue weighted by atomic mass is 16.5. The van der Waals surface area contributed by atoms with Gasteiger partial charge in [-0.25, -0.2) is 4.79 Å². The molecule has 1 aliphatic heterocycles. The molecule has 2 rings (SSSR count). The number of carbonyl (C=O) groups excluding carboxylic acids is 1. The first-order valence-electron chi connectivity index (χ1n) is 6.97. The predicted octanol–water partition coefficient (Wildman–Crippen LogP) is 1.33. The molecule has 0 spiro atoms. The Morgan fingerprint density at radius 3 is 2.91 bits per heavy atom. The first kappa shape index (κ1) is 16.0. The number of amides is 1. The molecule has 0 radical (unpaired) electrons. The Morgan fingerprint density at radius 1 is 1.45 bits per heavy atom. The lowest BCUT2D eigenvalue weighted by Crippen LogP contribution is -2.52. The number of hydrogen-bond donors (Lipinski definition) is 1. The van der Waals surface area contributed by atoms with Crippen LogP contribution in [0.1, 0.15) is 11.1 Å². The van der Waals surface area contributed by atoms with Gasteiger partial charge in [0.15, 0.2) is 6.04 Å². The second kappa shape index (κ2) is 7.09. The lowest BCUT2D eigenvalue weighted by atomic mass is 10.1. The lowest BCUT2D eigenvalue weighted by molar-refractivity contribution is -0.156. The summed E-state index contributed by atoms with van der Waals surface area (Å²) >= 11 is 0. The third-order valence-electron chi connectivity index (χ3n) is 3.49. The minimum absolute atomic E-state index is 0.0165. The molecule has 1 unspecified atom stereocenters. The molecule has 1 amide bonds. The van der Waals surface area contributed by atoms with Crippen molar-refractivity contribution in [3.05, 3.63) is 35.4 Å². The van der Waals surface area contributed by atoms with Gasteiger partial charge in [-0.05, 0) is 25.1 Å². The third-order valence-corrected chi connectivity index (χ3v) is 3.49. The molecule has 0 saturated carbocycles. The van der Waals surface area contributed by atoms with Crippen molar-refractivity contribution in [3.8, 4) is 5.75 Å². The number of carboxylic acid groups (broad SMARTS) is 1.